The highest BCUT2D eigenvalue weighted by molar-refractivity contribution is 6.33. The number of benzene rings is 1. The molecule has 1 aliphatic heterocycles. The first-order chi connectivity index (χ1) is 15.5. The minimum absolute atomic E-state index is 0.0235. The number of amides is 2. The minimum Gasteiger partial charge on any atom is -0.441 e. The Morgan fingerprint density at radius 2 is 1.97 bits per heavy atom. The number of nitrogens with zero attached hydrogens (tertiary/aromatic N) is 3. The zero-order valence-corrected chi connectivity index (χ0v) is 18.8. The highest BCUT2D eigenvalue weighted by Gasteiger charge is 2.28. The van der Waals surface area contributed by atoms with Crippen LogP contribution in [0.15, 0.2) is 53.2 Å². The molecule has 3 aromatic rings. The van der Waals surface area contributed by atoms with Gasteiger partial charge in [0.1, 0.15) is 5.82 Å². The Kier molecular flexibility index (Phi) is 7.07. The van der Waals surface area contributed by atoms with E-state index < -0.39 is 0 Å². The molecule has 1 aliphatic rings. The van der Waals surface area contributed by atoms with E-state index in [-0.39, 0.29) is 24.2 Å². The Hall–Kier alpha value is -2.90. The molecule has 2 amide bonds. The van der Waals surface area contributed by atoms with Crippen molar-refractivity contribution in [1.82, 2.24) is 14.9 Å². The SMILES string of the molecule is O=C(Nc1ccc(Cl)cn1)C1CCCN(C(=O)CCc2ncc(-c3ccccc3Cl)o2)C1. The third-order valence-corrected chi connectivity index (χ3v) is 5.92. The zero-order valence-electron chi connectivity index (χ0n) is 17.3. The molecule has 166 valence electrons. The lowest BCUT2D eigenvalue weighted by molar-refractivity contribution is -0.134. The van der Waals surface area contributed by atoms with Gasteiger partial charge in [-0.05, 0) is 37.1 Å². The van der Waals surface area contributed by atoms with E-state index in [1.54, 1.807) is 29.3 Å². The van der Waals surface area contributed by atoms with Crippen molar-refractivity contribution in [2.75, 3.05) is 18.4 Å². The van der Waals surface area contributed by atoms with Crippen LogP contribution in [-0.2, 0) is 16.0 Å². The normalized spacial score (nSPS) is 16.1. The van der Waals surface area contributed by atoms with Gasteiger partial charge in [-0.1, -0.05) is 35.3 Å². The molecule has 0 spiro atoms. The fourth-order valence-corrected chi connectivity index (χ4v) is 4.02. The number of pyridine rings is 1. The predicted molar refractivity (Wildman–Crippen MR) is 122 cm³/mol. The van der Waals surface area contributed by atoms with Crippen molar-refractivity contribution in [2.45, 2.75) is 25.7 Å². The highest BCUT2D eigenvalue weighted by Crippen LogP contribution is 2.28. The van der Waals surface area contributed by atoms with Gasteiger partial charge in [0.15, 0.2) is 11.7 Å². The molecule has 1 saturated heterocycles. The number of hydrogen-bond acceptors (Lipinski definition) is 5. The molecule has 3 heterocycles. The van der Waals surface area contributed by atoms with Crippen LogP contribution in [0.4, 0.5) is 5.82 Å². The number of likely N-dealkylation sites (tertiary alicyclic amines) is 1. The van der Waals surface area contributed by atoms with Gasteiger partial charge in [-0.2, -0.15) is 0 Å². The maximum Gasteiger partial charge on any atom is 0.230 e. The van der Waals surface area contributed by atoms with Crippen molar-refractivity contribution >= 4 is 40.8 Å². The molecular formula is C23H22Cl2N4O3. The van der Waals surface area contributed by atoms with Crippen LogP contribution in [0.3, 0.4) is 0 Å². The van der Waals surface area contributed by atoms with E-state index in [9.17, 15) is 9.59 Å². The first kappa shape index (κ1) is 22.3. The van der Waals surface area contributed by atoms with Crippen LogP contribution in [0.25, 0.3) is 11.3 Å². The maximum absolute atomic E-state index is 12.7. The number of rotatable bonds is 6. The second-order valence-corrected chi connectivity index (χ2v) is 8.47. The van der Waals surface area contributed by atoms with Crippen LogP contribution in [-0.4, -0.2) is 39.8 Å². The average molecular weight is 473 g/mol. The molecule has 0 aliphatic carbocycles. The molecule has 0 saturated carbocycles. The number of aromatic nitrogens is 2. The monoisotopic (exact) mass is 472 g/mol. The van der Waals surface area contributed by atoms with Gasteiger partial charge in [-0.15, -0.1) is 0 Å². The summed E-state index contributed by atoms with van der Waals surface area (Å²) in [5, 5.41) is 3.88. The van der Waals surface area contributed by atoms with Crippen LogP contribution in [0.5, 0.6) is 0 Å². The Labute approximate surface area is 195 Å². The Bertz CT molecular complexity index is 1100. The van der Waals surface area contributed by atoms with Crippen molar-refractivity contribution in [1.29, 1.82) is 0 Å². The third-order valence-electron chi connectivity index (χ3n) is 5.37. The molecule has 1 unspecified atom stereocenters. The van der Waals surface area contributed by atoms with Crippen LogP contribution in [0.1, 0.15) is 25.2 Å². The predicted octanol–water partition coefficient (Wildman–Crippen LogP) is 4.85. The topological polar surface area (TPSA) is 88.3 Å². The summed E-state index contributed by atoms with van der Waals surface area (Å²) in [6.45, 7) is 1.02. The summed E-state index contributed by atoms with van der Waals surface area (Å²) in [7, 11) is 0. The van der Waals surface area contributed by atoms with Crippen LogP contribution < -0.4 is 5.32 Å². The number of anilines is 1. The Morgan fingerprint density at radius 3 is 2.75 bits per heavy atom. The molecule has 1 atom stereocenters. The molecular weight excluding hydrogens is 451 g/mol. The van der Waals surface area contributed by atoms with E-state index in [4.69, 9.17) is 27.6 Å². The van der Waals surface area contributed by atoms with Gasteiger partial charge in [0, 0.05) is 37.7 Å². The largest absolute Gasteiger partial charge is 0.441 e. The quantitative estimate of drug-likeness (QED) is 0.553. The van der Waals surface area contributed by atoms with Gasteiger partial charge >= 0.3 is 0 Å². The highest BCUT2D eigenvalue weighted by atomic mass is 35.5. The summed E-state index contributed by atoms with van der Waals surface area (Å²) >= 11 is 12.0. The molecule has 1 aromatic carbocycles. The van der Waals surface area contributed by atoms with Crippen molar-refractivity contribution in [3.05, 3.63) is 64.7 Å². The molecule has 2 aromatic heterocycles. The number of nitrogens with one attached hydrogen (secondary N) is 1. The number of oxazole rings is 1. The first-order valence-corrected chi connectivity index (χ1v) is 11.1. The lowest BCUT2D eigenvalue weighted by Crippen LogP contribution is -2.43. The van der Waals surface area contributed by atoms with Gasteiger partial charge in [0.25, 0.3) is 0 Å². The zero-order chi connectivity index (χ0) is 22.5. The van der Waals surface area contributed by atoms with Gasteiger partial charge in [-0.25, -0.2) is 9.97 Å². The van der Waals surface area contributed by atoms with E-state index in [0.29, 0.717) is 47.0 Å². The summed E-state index contributed by atoms with van der Waals surface area (Å²) in [5.41, 5.74) is 0.763. The number of carbonyl (C=O) groups excluding carboxylic acids is 2. The maximum atomic E-state index is 12.7. The smallest absolute Gasteiger partial charge is 0.230 e. The molecule has 0 bridgehead atoms. The minimum atomic E-state index is -0.279. The van der Waals surface area contributed by atoms with Gasteiger partial charge < -0.3 is 14.6 Å². The van der Waals surface area contributed by atoms with Crippen molar-refractivity contribution in [2.24, 2.45) is 5.92 Å². The third kappa shape index (κ3) is 5.47. The van der Waals surface area contributed by atoms with E-state index in [1.165, 1.54) is 6.20 Å². The standard InChI is InChI=1S/C23H22Cl2N4O3/c24-16-7-8-20(26-12-16)28-23(31)15-4-3-11-29(14-15)22(30)10-9-21-27-13-19(32-21)17-5-1-2-6-18(17)25/h1-2,5-8,12-13,15H,3-4,9-11,14H2,(H,26,28,31). The number of piperidine rings is 1. The molecule has 1 fully saturated rings. The fraction of sp³-hybridized carbons (Fsp3) is 0.304. The summed E-state index contributed by atoms with van der Waals surface area (Å²) in [4.78, 5) is 35.4. The molecule has 1 N–H and O–H groups in total. The number of hydrogen-bond donors (Lipinski definition) is 1. The second-order valence-electron chi connectivity index (χ2n) is 7.63. The first-order valence-electron chi connectivity index (χ1n) is 10.4. The van der Waals surface area contributed by atoms with E-state index >= 15 is 0 Å². The van der Waals surface area contributed by atoms with Gasteiger partial charge in [0.2, 0.25) is 11.8 Å². The fourth-order valence-electron chi connectivity index (χ4n) is 3.68. The van der Waals surface area contributed by atoms with Gasteiger partial charge in [0.05, 0.1) is 22.2 Å². The van der Waals surface area contributed by atoms with E-state index in [0.717, 1.165) is 18.4 Å². The Morgan fingerprint density at radius 1 is 1.12 bits per heavy atom. The average Bonchev–Trinajstić information content (AvgIpc) is 3.28. The van der Waals surface area contributed by atoms with Crippen LogP contribution in [0, 0.1) is 5.92 Å². The molecule has 9 heteroatoms. The van der Waals surface area contributed by atoms with Crippen LogP contribution in [0.2, 0.25) is 10.0 Å². The molecule has 7 nitrogen and oxygen atoms in total. The van der Waals surface area contributed by atoms with E-state index in [1.807, 2.05) is 18.2 Å². The van der Waals surface area contributed by atoms with Crippen molar-refractivity contribution in [3.63, 3.8) is 0 Å². The molecule has 0 radical (unpaired) electrons. The lowest BCUT2D eigenvalue weighted by Gasteiger charge is -2.32. The van der Waals surface area contributed by atoms with Crippen LogP contribution >= 0.6 is 23.2 Å². The summed E-state index contributed by atoms with van der Waals surface area (Å²) in [6.07, 6.45) is 5.24. The summed E-state index contributed by atoms with van der Waals surface area (Å²) in [5.74, 6) is 1.05. The summed E-state index contributed by atoms with van der Waals surface area (Å²) in [6, 6.07) is 10.7. The lowest BCUT2D eigenvalue weighted by atomic mass is 9.96. The molecule has 4 rings (SSSR count). The van der Waals surface area contributed by atoms with E-state index in [2.05, 4.69) is 15.3 Å². The number of carbonyl (C=O) groups is 2. The van der Waals surface area contributed by atoms with Crippen molar-refractivity contribution < 1.29 is 14.0 Å². The Balaban J connectivity index is 1.30. The number of halogens is 2. The summed E-state index contributed by atoms with van der Waals surface area (Å²) < 4.78 is 5.78. The van der Waals surface area contributed by atoms with Gasteiger partial charge in [-0.3, -0.25) is 9.59 Å². The number of aryl methyl sites for hydroxylation is 1. The second kappa shape index (κ2) is 10.1. The molecule has 32 heavy (non-hydrogen) atoms. The van der Waals surface area contributed by atoms with Crippen molar-refractivity contribution in [3.8, 4) is 11.3 Å².